The molecule has 62 heavy (non-hydrogen) atoms. The smallest absolute Gasteiger partial charge is 0.306 e. The van der Waals surface area contributed by atoms with E-state index in [4.69, 9.17) is 4.74 Å². The number of allylic oxidation sites excluding steroid dienone is 6. The van der Waals surface area contributed by atoms with E-state index in [1.54, 1.807) is 0 Å². The molecule has 0 bridgehead atoms. The Morgan fingerprint density at radius 3 is 1.32 bits per heavy atom. The van der Waals surface area contributed by atoms with Gasteiger partial charge < -0.3 is 20.3 Å². The van der Waals surface area contributed by atoms with Crippen molar-refractivity contribution in [3.05, 3.63) is 36.5 Å². The molecule has 0 aromatic heterocycles. The van der Waals surface area contributed by atoms with E-state index in [0.717, 1.165) is 70.6 Å². The Morgan fingerprint density at radius 2 is 0.871 bits per heavy atom. The third kappa shape index (κ3) is 44.7. The number of unbranched alkanes of at least 4 members (excludes halogenated alkanes) is 31. The predicted octanol–water partition coefficient (Wildman–Crippen LogP) is 16.5. The number of aliphatic hydroxyl groups excluding tert-OH is 2. The maximum absolute atomic E-state index is 13.2. The van der Waals surface area contributed by atoms with Gasteiger partial charge in [-0.05, 0) is 57.8 Å². The van der Waals surface area contributed by atoms with E-state index in [9.17, 15) is 19.8 Å². The standard InChI is InChI=1S/C56H105NO5/c1-4-7-10-13-16-19-22-25-27-28-31-34-37-40-43-46-49-56(61)62-52(47-44-41-38-35-32-30-26-23-20-17-14-11-8-5-2)50-55(60)57-53(51-58)54(59)48-45-42-39-36-33-29-24-21-18-15-12-9-6-3/h7,10,16,19,25,27,52-54,58-59H,4-6,8-9,11-15,17-18,20-24,26,28-51H2,1-3H3,(H,57,60)/b10-7+,19-16+,27-25+. The Bertz CT molecular complexity index is 1020. The summed E-state index contributed by atoms with van der Waals surface area (Å²) in [5.41, 5.74) is 0. The lowest BCUT2D eigenvalue weighted by molar-refractivity contribution is -0.151. The van der Waals surface area contributed by atoms with Gasteiger partial charge in [0.25, 0.3) is 0 Å². The van der Waals surface area contributed by atoms with E-state index < -0.39 is 18.2 Å². The van der Waals surface area contributed by atoms with E-state index in [-0.39, 0.29) is 24.9 Å². The Morgan fingerprint density at radius 1 is 0.484 bits per heavy atom. The lowest BCUT2D eigenvalue weighted by atomic mass is 10.0. The van der Waals surface area contributed by atoms with Crippen LogP contribution in [0.4, 0.5) is 0 Å². The molecule has 0 saturated heterocycles. The topological polar surface area (TPSA) is 95.9 Å². The number of nitrogens with one attached hydrogen (secondary N) is 1. The molecule has 0 aromatic rings. The summed E-state index contributed by atoms with van der Waals surface area (Å²) in [6, 6.07) is -0.701. The maximum atomic E-state index is 13.2. The van der Waals surface area contributed by atoms with Crippen LogP contribution in [0.1, 0.15) is 284 Å². The van der Waals surface area contributed by atoms with Crippen LogP contribution in [0.15, 0.2) is 36.5 Å². The molecular formula is C56H105NO5. The number of hydrogen-bond acceptors (Lipinski definition) is 5. The van der Waals surface area contributed by atoms with Gasteiger partial charge in [0.05, 0.1) is 25.2 Å². The Kier molecular flexibility index (Phi) is 48.5. The monoisotopic (exact) mass is 872 g/mol. The molecule has 1 amide bonds. The zero-order valence-electron chi connectivity index (χ0n) is 41.5. The Balaban J connectivity index is 4.56. The molecule has 0 radical (unpaired) electrons. The first-order valence-electron chi connectivity index (χ1n) is 27.2. The van der Waals surface area contributed by atoms with E-state index in [2.05, 4.69) is 62.5 Å². The molecule has 6 nitrogen and oxygen atoms in total. The fourth-order valence-electron chi connectivity index (χ4n) is 8.39. The number of carbonyl (C=O) groups is 2. The van der Waals surface area contributed by atoms with Crippen molar-refractivity contribution < 1.29 is 24.5 Å². The number of esters is 1. The lowest BCUT2D eigenvalue weighted by Gasteiger charge is -2.24. The molecule has 0 aliphatic carbocycles. The van der Waals surface area contributed by atoms with Crippen LogP contribution >= 0.6 is 0 Å². The van der Waals surface area contributed by atoms with Crippen molar-refractivity contribution in [3.63, 3.8) is 0 Å². The van der Waals surface area contributed by atoms with Crippen LogP contribution in [0.25, 0.3) is 0 Å². The van der Waals surface area contributed by atoms with Crippen LogP contribution in [-0.2, 0) is 14.3 Å². The summed E-state index contributed by atoms with van der Waals surface area (Å²) < 4.78 is 5.95. The van der Waals surface area contributed by atoms with Crippen molar-refractivity contribution in [3.8, 4) is 0 Å². The van der Waals surface area contributed by atoms with Gasteiger partial charge in [-0.2, -0.15) is 0 Å². The highest BCUT2D eigenvalue weighted by atomic mass is 16.5. The summed E-state index contributed by atoms with van der Waals surface area (Å²) in [4.78, 5) is 26.2. The molecule has 0 spiro atoms. The van der Waals surface area contributed by atoms with Gasteiger partial charge in [0.1, 0.15) is 6.10 Å². The largest absolute Gasteiger partial charge is 0.462 e. The molecule has 3 unspecified atom stereocenters. The van der Waals surface area contributed by atoms with Crippen LogP contribution in [-0.4, -0.2) is 46.9 Å². The van der Waals surface area contributed by atoms with Crippen LogP contribution < -0.4 is 5.32 Å². The summed E-state index contributed by atoms with van der Waals surface area (Å²) in [5, 5.41) is 23.8. The molecule has 0 fully saturated rings. The minimum atomic E-state index is -0.787. The van der Waals surface area contributed by atoms with Gasteiger partial charge >= 0.3 is 5.97 Å². The fraction of sp³-hybridized carbons (Fsp3) is 0.857. The number of rotatable bonds is 49. The second kappa shape index (κ2) is 50.1. The van der Waals surface area contributed by atoms with Crippen molar-refractivity contribution in [2.24, 2.45) is 0 Å². The fourth-order valence-corrected chi connectivity index (χ4v) is 8.39. The first-order valence-corrected chi connectivity index (χ1v) is 27.2. The number of aliphatic hydroxyl groups is 2. The lowest BCUT2D eigenvalue weighted by Crippen LogP contribution is -2.46. The Labute approximate surface area is 385 Å². The number of carbonyl (C=O) groups excluding carboxylic acids is 2. The Hall–Kier alpha value is -1.92. The molecule has 0 aliphatic heterocycles. The zero-order valence-corrected chi connectivity index (χ0v) is 41.5. The number of ether oxygens (including phenoxy) is 1. The molecule has 0 aromatic carbocycles. The van der Waals surface area contributed by atoms with E-state index in [1.165, 1.54) is 167 Å². The minimum Gasteiger partial charge on any atom is -0.462 e. The summed E-state index contributed by atoms with van der Waals surface area (Å²) in [7, 11) is 0. The average molecular weight is 872 g/mol. The molecule has 3 atom stereocenters. The maximum Gasteiger partial charge on any atom is 0.306 e. The highest BCUT2D eigenvalue weighted by molar-refractivity contribution is 5.77. The molecule has 0 aliphatic rings. The van der Waals surface area contributed by atoms with Gasteiger partial charge in [-0.1, -0.05) is 250 Å². The van der Waals surface area contributed by atoms with Crippen molar-refractivity contribution in [1.29, 1.82) is 0 Å². The van der Waals surface area contributed by atoms with Crippen LogP contribution in [0, 0.1) is 0 Å². The number of hydrogen-bond donors (Lipinski definition) is 3. The van der Waals surface area contributed by atoms with Gasteiger partial charge in [-0.3, -0.25) is 9.59 Å². The molecule has 364 valence electrons. The molecule has 3 N–H and O–H groups in total. The predicted molar refractivity (Wildman–Crippen MR) is 269 cm³/mol. The molecule has 0 heterocycles. The molecule has 0 rings (SSSR count). The average Bonchev–Trinajstić information content (AvgIpc) is 3.26. The normalized spacial score (nSPS) is 13.4. The molecular weight excluding hydrogens is 767 g/mol. The zero-order chi connectivity index (χ0) is 45.2. The minimum absolute atomic E-state index is 0.0766. The van der Waals surface area contributed by atoms with E-state index in [1.807, 2.05) is 0 Å². The quantitative estimate of drug-likeness (QED) is 0.0321. The van der Waals surface area contributed by atoms with E-state index in [0.29, 0.717) is 19.3 Å². The summed E-state index contributed by atoms with van der Waals surface area (Å²) >= 11 is 0. The number of amides is 1. The second-order valence-corrected chi connectivity index (χ2v) is 18.6. The third-order valence-corrected chi connectivity index (χ3v) is 12.5. The van der Waals surface area contributed by atoms with Gasteiger partial charge in [-0.15, -0.1) is 0 Å². The highest BCUT2D eigenvalue weighted by Gasteiger charge is 2.24. The van der Waals surface area contributed by atoms with Crippen molar-refractivity contribution in [1.82, 2.24) is 5.32 Å². The van der Waals surface area contributed by atoms with Gasteiger partial charge in [0.15, 0.2) is 0 Å². The molecule has 6 heteroatoms. The van der Waals surface area contributed by atoms with Gasteiger partial charge in [0.2, 0.25) is 5.91 Å². The summed E-state index contributed by atoms with van der Waals surface area (Å²) in [5.74, 6) is -0.474. The van der Waals surface area contributed by atoms with E-state index >= 15 is 0 Å². The summed E-state index contributed by atoms with van der Waals surface area (Å²) in [6.07, 6.45) is 59.2. The van der Waals surface area contributed by atoms with Crippen LogP contribution in [0.2, 0.25) is 0 Å². The van der Waals surface area contributed by atoms with Crippen LogP contribution in [0.5, 0.6) is 0 Å². The van der Waals surface area contributed by atoms with Crippen LogP contribution in [0.3, 0.4) is 0 Å². The first-order chi connectivity index (χ1) is 30.5. The first kappa shape index (κ1) is 60.1. The SMILES string of the molecule is CC/C=C/C/C=C/C/C=C/CCCCCCCCC(=O)OC(CCCCCCCCCCCCCCCC)CC(=O)NC(CO)C(O)CCCCCCCCCCCCCCC. The molecule has 0 saturated carbocycles. The highest BCUT2D eigenvalue weighted by Crippen LogP contribution is 2.18. The van der Waals surface area contributed by atoms with Crippen molar-refractivity contribution in [2.75, 3.05) is 6.61 Å². The van der Waals surface area contributed by atoms with Gasteiger partial charge in [-0.25, -0.2) is 0 Å². The third-order valence-electron chi connectivity index (χ3n) is 12.5. The summed E-state index contributed by atoms with van der Waals surface area (Å²) in [6.45, 7) is 6.39. The van der Waals surface area contributed by atoms with Crippen molar-refractivity contribution in [2.45, 2.75) is 302 Å². The van der Waals surface area contributed by atoms with Crippen molar-refractivity contribution >= 4 is 11.9 Å². The second-order valence-electron chi connectivity index (χ2n) is 18.6. The van der Waals surface area contributed by atoms with Gasteiger partial charge in [0, 0.05) is 6.42 Å².